The molecule has 0 saturated carbocycles. The molecule has 2 aromatic carbocycles. The molecule has 0 amide bonds. The maximum Gasteiger partial charge on any atom is 0.239 e. The summed E-state index contributed by atoms with van der Waals surface area (Å²) in [6, 6.07) is 7.94. The molecule has 27 heavy (non-hydrogen) atoms. The summed E-state index contributed by atoms with van der Waals surface area (Å²) >= 11 is 0. The van der Waals surface area contributed by atoms with Gasteiger partial charge in [0.05, 0.1) is 12.7 Å². The van der Waals surface area contributed by atoms with Crippen LogP contribution in [0.2, 0.25) is 0 Å². The van der Waals surface area contributed by atoms with E-state index in [1.54, 1.807) is 0 Å². The molecule has 0 atom stereocenters. The number of phenolic OH excluding ortho intramolecular Hbond substituents is 4. The molecule has 0 unspecified atom stereocenters. The monoisotopic (exact) mass is 369 g/mol. The lowest BCUT2D eigenvalue weighted by Gasteiger charge is -2.12. The molecule has 1 aromatic heterocycles. The average molecular weight is 369 g/mol. The van der Waals surface area contributed by atoms with Crippen molar-refractivity contribution in [1.82, 2.24) is 0 Å². The van der Waals surface area contributed by atoms with Crippen molar-refractivity contribution < 1.29 is 29.6 Å². The lowest BCUT2D eigenvalue weighted by atomic mass is 10.1. The molecule has 8 nitrogen and oxygen atoms in total. The summed E-state index contributed by atoms with van der Waals surface area (Å²) in [7, 11) is 0. The van der Waals surface area contributed by atoms with Gasteiger partial charge in [0, 0.05) is 24.1 Å². The quantitative estimate of drug-likeness (QED) is 0.397. The number of ether oxygens (including phenoxy) is 1. The van der Waals surface area contributed by atoms with Gasteiger partial charge in [-0.05, 0) is 24.6 Å². The molecule has 8 heteroatoms. The van der Waals surface area contributed by atoms with Crippen LogP contribution < -0.4 is 10.2 Å². The SMILES string of the molecule is N#CCCCOc1c(-c2ccc(O)c(O)c2)oc2cc(O)cc(O)c2c1=O. The van der Waals surface area contributed by atoms with Gasteiger partial charge in [-0.3, -0.25) is 4.79 Å². The number of fused-ring (bicyclic) bond motifs is 1. The van der Waals surface area contributed by atoms with E-state index in [9.17, 15) is 25.2 Å². The van der Waals surface area contributed by atoms with Crippen molar-refractivity contribution in [3.8, 4) is 46.1 Å². The maximum absolute atomic E-state index is 12.9. The van der Waals surface area contributed by atoms with Gasteiger partial charge in [0.25, 0.3) is 0 Å². The molecule has 0 aliphatic rings. The van der Waals surface area contributed by atoms with Crippen LogP contribution in [0.15, 0.2) is 39.5 Å². The average Bonchev–Trinajstić information content (AvgIpc) is 2.61. The van der Waals surface area contributed by atoms with Crippen molar-refractivity contribution in [2.75, 3.05) is 6.61 Å². The number of hydrogen-bond donors (Lipinski definition) is 4. The molecule has 1 heterocycles. The van der Waals surface area contributed by atoms with Crippen LogP contribution >= 0.6 is 0 Å². The molecule has 0 spiro atoms. The second kappa shape index (κ2) is 7.17. The van der Waals surface area contributed by atoms with Crippen LogP contribution in [0.25, 0.3) is 22.3 Å². The summed E-state index contributed by atoms with van der Waals surface area (Å²) in [6.07, 6.45) is 0.600. The molecule has 3 aromatic rings. The third-order valence-electron chi connectivity index (χ3n) is 3.83. The summed E-state index contributed by atoms with van der Waals surface area (Å²) in [6.45, 7) is 0.0553. The zero-order valence-corrected chi connectivity index (χ0v) is 14.0. The molecule has 0 aliphatic heterocycles. The Morgan fingerprint density at radius 1 is 1.04 bits per heavy atom. The van der Waals surface area contributed by atoms with Crippen LogP contribution in [-0.4, -0.2) is 27.0 Å². The van der Waals surface area contributed by atoms with Crippen LogP contribution in [0.1, 0.15) is 12.8 Å². The van der Waals surface area contributed by atoms with Crippen LogP contribution in [0, 0.1) is 11.3 Å². The van der Waals surface area contributed by atoms with Gasteiger partial charge in [-0.2, -0.15) is 5.26 Å². The summed E-state index contributed by atoms with van der Waals surface area (Å²) in [4.78, 5) is 12.9. The molecule has 3 rings (SSSR count). The highest BCUT2D eigenvalue weighted by molar-refractivity contribution is 5.88. The Balaban J connectivity index is 2.23. The first-order valence-electron chi connectivity index (χ1n) is 7.97. The highest BCUT2D eigenvalue weighted by Crippen LogP contribution is 2.38. The van der Waals surface area contributed by atoms with Gasteiger partial charge < -0.3 is 29.6 Å². The first-order valence-corrected chi connectivity index (χ1v) is 7.97. The largest absolute Gasteiger partial charge is 0.508 e. The Morgan fingerprint density at radius 2 is 1.81 bits per heavy atom. The lowest BCUT2D eigenvalue weighted by Crippen LogP contribution is -2.11. The number of benzene rings is 2. The third-order valence-corrected chi connectivity index (χ3v) is 3.83. The Morgan fingerprint density at radius 3 is 2.52 bits per heavy atom. The smallest absolute Gasteiger partial charge is 0.239 e. The number of unbranched alkanes of at least 4 members (excludes halogenated alkanes) is 1. The van der Waals surface area contributed by atoms with Gasteiger partial charge in [0.15, 0.2) is 17.3 Å². The fourth-order valence-electron chi connectivity index (χ4n) is 2.58. The van der Waals surface area contributed by atoms with Gasteiger partial charge in [-0.25, -0.2) is 0 Å². The van der Waals surface area contributed by atoms with Gasteiger partial charge in [0.1, 0.15) is 22.5 Å². The normalized spacial score (nSPS) is 10.6. The summed E-state index contributed by atoms with van der Waals surface area (Å²) in [5.74, 6) is -1.82. The van der Waals surface area contributed by atoms with E-state index < -0.39 is 16.9 Å². The van der Waals surface area contributed by atoms with Gasteiger partial charge in [0.2, 0.25) is 11.2 Å². The van der Waals surface area contributed by atoms with Crippen molar-refractivity contribution in [1.29, 1.82) is 5.26 Å². The number of aromatic hydroxyl groups is 4. The molecule has 138 valence electrons. The maximum atomic E-state index is 12.9. The molecule has 0 radical (unpaired) electrons. The molecular formula is C19H15NO7. The number of nitriles is 1. The molecule has 0 saturated heterocycles. The van der Waals surface area contributed by atoms with E-state index in [4.69, 9.17) is 14.4 Å². The molecule has 4 N–H and O–H groups in total. The van der Waals surface area contributed by atoms with E-state index >= 15 is 0 Å². The lowest BCUT2D eigenvalue weighted by molar-refractivity contribution is 0.304. The molecule has 0 fully saturated rings. The van der Waals surface area contributed by atoms with Crippen molar-refractivity contribution in [2.45, 2.75) is 12.8 Å². The predicted octanol–water partition coefficient (Wildman–Crippen LogP) is 2.96. The topological polar surface area (TPSA) is 144 Å². The Hall–Kier alpha value is -3.86. The number of nitrogens with zero attached hydrogens (tertiary/aromatic N) is 1. The summed E-state index contributed by atoms with van der Waals surface area (Å²) in [5, 5.41) is 47.4. The number of hydrogen-bond acceptors (Lipinski definition) is 8. The summed E-state index contributed by atoms with van der Waals surface area (Å²) < 4.78 is 11.2. The molecule has 0 bridgehead atoms. The van der Waals surface area contributed by atoms with Gasteiger partial charge in [-0.15, -0.1) is 0 Å². The van der Waals surface area contributed by atoms with Crippen molar-refractivity contribution in [2.24, 2.45) is 0 Å². The number of rotatable bonds is 5. The highest BCUT2D eigenvalue weighted by Gasteiger charge is 2.21. The fraction of sp³-hybridized carbons (Fsp3) is 0.158. The van der Waals surface area contributed by atoms with Crippen LogP contribution in [0.3, 0.4) is 0 Å². The first-order chi connectivity index (χ1) is 12.9. The zero-order chi connectivity index (χ0) is 19.6. The Bertz CT molecular complexity index is 1110. The van der Waals surface area contributed by atoms with E-state index in [1.165, 1.54) is 24.3 Å². The van der Waals surface area contributed by atoms with Crippen molar-refractivity contribution >= 4 is 11.0 Å². The van der Waals surface area contributed by atoms with Crippen LogP contribution in [0.4, 0.5) is 0 Å². The standard InChI is InChI=1S/C19H15NO7/c20-5-1-2-6-26-19-17(25)16-14(24)8-11(21)9-15(16)27-18(19)10-3-4-12(22)13(23)7-10/h3-4,7-9,21-24H,1-2,6H2. The zero-order valence-electron chi connectivity index (χ0n) is 14.0. The van der Waals surface area contributed by atoms with E-state index in [1.807, 2.05) is 6.07 Å². The minimum absolute atomic E-state index is 0.0512. The third kappa shape index (κ3) is 3.43. The van der Waals surface area contributed by atoms with Crippen LogP contribution in [-0.2, 0) is 0 Å². The second-order valence-corrected chi connectivity index (χ2v) is 5.74. The minimum Gasteiger partial charge on any atom is -0.508 e. The predicted molar refractivity (Wildman–Crippen MR) is 94.9 cm³/mol. The van der Waals surface area contributed by atoms with E-state index in [0.717, 1.165) is 6.07 Å². The number of phenols is 4. The van der Waals surface area contributed by atoms with Gasteiger partial charge >= 0.3 is 0 Å². The van der Waals surface area contributed by atoms with Crippen molar-refractivity contribution in [3.05, 3.63) is 40.6 Å². The van der Waals surface area contributed by atoms with Gasteiger partial charge in [-0.1, -0.05) is 0 Å². The highest BCUT2D eigenvalue weighted by atomic mass is 16.5. The van der Waals surface area contributed by atoms with E-state index in [2.05, 4.69) is 0 Å². The molecular weight excluding hydrogens is 354 g/mol. The minimum atomic E-state index is -0.673. The molecule has 0 aliphatic carbocycles. The van der Waals surface area contributed by atoms with Crippen LogP contribution in [0.5, 0.6) is 28.7 Å². The Kier molecular flexibility index (Phi) is 4.77. The van der Waals surface area contributed by atoms with E-state index in [-0.39, 0.29) is 52.6 Å². The second-order valence-electron chi connectivity index (χ2n) is 5.74. The fourth-order valence-corrected chi connectivity index (χ4v) is 2.58. The Labute approximate surface area is 152 Å². The summed E-state index contributed by atoms with van der Waals surface area (Å²) in [5.41, 5.74) is -0.514. The van der Waals surface area contributed by atoms with E-state index in [0.29, 0.717) is 6.42 Å². The first kappa shape index (κ1) is 17.9. The van der Waals surface area contributed by atoms with Crippen molar-refractivity contribution in [3.63, 3.8) is 0 Å².